The summed E-state index contributed by atoms with van der Waals surface area (Å²) in [5, 5.41) is 8.27. The highest BCUT2D eigenvalue weighted by molar-refractivity contribution is 5.21. The Morgan fingerprint density at radius 2 is 2.00 bits per heavy atom. The number of halogens is 3. The van der Waals surface area contributed by atoms with Crippen LogP contribution < -0.4 is 0 Å². The lowest BCUT2D eigenvalue weighted by Gasteiger charge is -2.12. The molecule has 0 saturated carbocycles. The number of alkyl halides is 2. The smallest absolute Gasteiger partial charge is 0.295 e. The van der Waals surface area contributed by atoms with Gasteiger partial charge in [0.05, 0.1) is 0 Å². The van der Waals surface area contributed by atoms with Gasteiger partial charge in [0.25, 0.3) is 5.92 Å². The maximum atomic E-state index is 12.6. The number of hydrogen-bond acceptors (Lipinski definition) is 1. The summed E-state index contributed by atoms with van der Waals surface area (Å²) in [5.41, 5.74) is -0.509. The molecular weight excluding hydrogens is 169 g/mol. The first-order valence-electron chi connectivity index (χ1n) is 3.31. The summed E-state index contributed by atoms with van der Waals surface area (Å²) < 4.78 is 37.7. The first-order valence-corrected chi connectivity index (χ1v) is 3.31. The fraction of sp³-hybridized carbons (Fsp3) is 0.250. The lowest BCUT2D eigenvalue weighted by Crippen LogP contribution is -2.18. The van der Waals surface area contributed by atoms with Crippen molar-refractivity contribution in [2.45, 2.75) is 5.92 Å². The Bertz CT molecular complexity index is 273. The van der Waals surface area contributed by atoms with Gasteiger partial charge in [0.2, 0.25) is 0 Å². The number of aliphatic hydroxyl groups is 1. The van der Waals surface area contributed by atoms with Gasteiger partial charge >= 0.3 is 0 Å². The van der Waals surface area contributed by atoms with E-state index in [9.17, 15) is 13.2 Å². The van der Waals surface area contributed by atoms with Gasteiger partial charge < -0.3 is 5.11 Å². The lowest BCUT2D eigenvalue weighted by molar-refractivity contribution is -0.0558. The molecule has 0 radical (unpaired) electrons. The molecule has 12 heavy (non-hydrogen) atoms. The van der Waals surface area contributed by atoms with E-state index in [2.05, 4.69) is 0 Å². The minimum Gasteiger partial charge on any atom is -0.390 e. The number of benzene rings is 1. The van der Waals surface area contributed by atoms with Gasteiger partial charge in [-0.2, -0.15) is 8.78 Å². The second-order valence-corrected chi connectivity index (χ2v) is 2.37. The molecule has 0 spiro atoms. The fourth-order valence-corrected chi connectivity index (χ4v) is 0.807. The van der Waals surface area contributed by atoms with E-state index in [1.54, 1.807) is 0 Å². The predicted octanol–water partition coefficient (Wildman–Crippen LogP) is 1.91. The summed E-state index contributed by atoms with van der Waals surface area (Å²) in [4.78, 5) is 0. The van der Waals surface area contributed by atoms with E-state index >= 15 is 0 Å². The molecule has 0 aromatic heterocycles. The average Bonchev–Trinajstić information content (AvgIpc) is 2.05. The Hall–Kier alpha value is -1.03. The van der Waals surface area contributed by atoms with Crippen LogP contribution in [0, 0.1) is 5.82 Å². The normalized spacial score (nSPS) is 11.7. The summed E-state index contributed by atoms with van der Waals surface area (Å²) in [5.74, 6) is -4.09. The number of aliphatic hydroxyl groups excluding tert-OH is 1. The van der Waals surface area contributed by atoms with Crippen LogP contribution in [0.1, 0.15) is 5.56 Å². The quantitative estimate of drug-likeness (QED) is 0.729. The van der Waals surface area contributed by atoms with Gasteiger partial charge in [-0.25, -0.2) is 4.39 Å². The van der Waals surface area contributed by atoms with Crippen molar-refractivity contribution in [3.05, 3.63) is 35.6 Å². The highest BCUT2D eigenvalue weighted by atomic mass is 19.3. The Labute approximate surface area is 67.5 Å². The molecule has 66 valence electrons. The van der Waals surface area contributed by atoms with Crippen molar-refractivity contribution in [1.82, 2.24) is 0 Å². The zero-order valence-corrected chi connectivity index (χ0v) is 6.10. The second-order valence-electron chi connectivity index (χ2n) is 2.37. The summed E-state index contributed by atoms with van der Waals surface area (Å²) in [6.07, 6.45) is 0. The molecule has 1 nitrogen and oxygen atoms in total. The molecule has 0 heterocycles. The van der Waals surface area contributed by atoms with Crippen molar-refractivity contribution in [1.29, 1.82) is 0 Å². The number of rotatable bonds is 2. The monoisotopic (exact) mass is 176 g/mol. The molecule has 1 rings (SSSR count). The van der Waals surface area contributed by atoms with Crippen molar-refractivity contribution in [3.8, 4) is 0 Å². The summed E-state index contributed by atoms with van der Waals surface area (Å²) >= 11 is 0. The zero-order chi connectivity index (χ0) is 9.19. The minimum absolute atomic E-state index is 0.509. The first-order chi connectivity index (χ1) is 5.56. The summed E-state index contributed by atoms with van der Waals surface area (Å²) in [7, 11) is 0. The fourth-order valence-electron chi connectivity index (χ4n) is 0.807. The van der Waals surface area contributed by atoms with Crippen molar-refractivity contribution in [2.75, 3.05) is 6.61 Å². The molecule has 1 aromatic carbocycles. The summed E-state index contributed by atoms with van der Waals surface area (Å²) in [6, 6.07) is 4.01. The Balaban J connectivity index is 3.03. The minimum atomic E-state index is -3.36. The van der Waals surface area contributed by atoms with Crippen molar-refractivity contribution >= 4 is 0 Å². The second kappa shape index (κ2) is 3.15. The Morgan fingerprint density at radius 3 is 2.50 bits per heavy atom. The molecule has 0 saturated heterocycles. The van der Waals surface area contributed by atoms with Crippen LogP contribution in [0.25, 0.3) is 0 Å². The average molecular weight is 176 g/mol. The van der Waals surface area contributed by atoms with Gasteiger partial charge in [0.15, 0.2) is 0 Å². The van der Waals surface area contributed by atoms with Gasteiger partial charge in [0.1, 0.15) is 12.4 Å². The third-order valence-corrected chi connectivity index (χ3v) is 1.45. The van der Waals surface area contributed by atoms with Crippen LogP contribution in [-0.4, -0.2) is 11.7 Å². The van der Waals surface area contributed by atoms with E-state index < -0.39 is 23.9 Å². The van der Waals surface area contributed by atoms with Crippen LogP contribution in [-0.2, 0) is 5.92 Å². The van der Waals surface area contributed by atoms with Gasteiger partial charge in [-0.05, 0) is 12.1 Å². The van der Waals surface area contributed by atoms with Gasteiger partial charge in [-0.3, -0.25) is 0 Å². The molecule has 0 aliphatic carbocycles. The highest BCUT2D eigenvalue weighted by Gasteiger charge is 2.30. The van der Waals surface area contributed by atoms with Gasteiger partial charge in [-0.15, -0.1) is 0 Å². The van der Waals surface area contributed by atoms with Gasteiger partial charge in [0, 0.05) is 5.56 Å². The molecule has 4 heteroatoms. The summed E-state index contributed by atoms with van der Waals surface area (Å²) in [6.45, 7) is -1.31. The molecule has 1 N–H and O–H groups in total. The molecule has 0 unspecified atom stereocenters. The topological polar surface area (TPSA) is 20.2 Å². The lowest BCUT2D eigenvalue weighted by atomic mass is 10.1. The molecule has 0 aliphatic rings. The molecule has 0 fully saturated rings. The maximum Gasteiger partial charge on any atom is 0.295 e. The zero-order valence-electron chi connectivity index (χ0n) is 6.10. The van der Waals surface area contributed by atoms with Gasteiger partial charge in [-0.1, -0.05) is 12.1 Å². The highest BCUT2D eigenvalue weighted by Crippen LogP contribution is 2.27. The molecule has 0 aliphatic heterocycles. The largest absolute Gasteiger partial charge is 0.390 e. The maximum absolute atomic E-state index is 12.6. The molecule has 0 amide bonds. The van der Waals surface area contributed by atoms with E-state index in [1.165, 1.54) is 6.07 Å². The van der Waals surface area contributed by atoms with Crippen LogP contribution in [0.2, 0.25) is 0 Å². The molecule has 0 atom stereocenters. The van der Waals surface area contributed by atoms with Crippen LogP contribution in [0.15, 0.2) is 24.3 Å². The molecular formula is C8H7F3O. The van der Waals surface area contributed by atoms with Crippen LogP contribution >= 0.6 is 0 Å². The van der Waals surface area contributed by atoms with Crippen molar-refractivity contribution < 1.29 is 18.3 Å². The van der Waals surface area contributed by atoms with E-state index in [0.29, 0.717) is 6.07 Å². The molecule has 0 bridgehead atoms. The SMILES string of the molecule is OCC(F)(F)c1cccc(F)c1. The van der Waals surface area contributed by atoms with Crippen molar-refractivity contribution in [3.63, 3.8) is 0 Å². The van der Waals surface area contributed by atoms with E-state index in [4.69, 9.17) is 5.11 Å². The Kier molecular flexibility index (Phi) is 2.38. The molecule has 1 aromatic rings. The van der Waals surface area contributed by atoms with Crippen LogP contribution in [0.4, 0.5) is 13.2 Å². The Morgan fingerprint density at radius 1 is 1.33 bits per heavy atom. The van der Waals surface area contributed by atoms with Crippen LogP contribution in [0.3, 0.4) is 0 Å². The van der Waals surface area contributed by atoms with E-state index in [0.717, 1.165) is 12.1 Å². The third kappa shape index (κ3) is 1.76. The van der Waals surface area contributed by atoms with E-state index in [1.807, 2.05) is 0 Å². The first kappa shape index (κ1) is 9.06. The van der Waals surface area contributed by atoms with Crippen LogP contribution in [0.5, 0.6) is 0 Å². The predicted molar refractivity (Wildman–Crippen MR) is 37.4 cm³/mol. The van der Waals surface area contributed by atoms with E-state index in [-0.39, 0.29) is 0 Å². The number of hydrogen-bond donors (Lipinski definition) is 1. The standard InChI is InChI=1S/C8H7F3O/c9-7-3-1-2-6(4-7)8(10,11)5-12/h1-4,12H,5H2. The third-order valence-electron chi connectivity index (χ3n) is 1.45. The van der Waals surface area contributed by atoms with Crippen molar-refractivity contribution in [2.24, 2.45) is 0 Å².